The van der Waals surface area contributed by atoms with Gasteiger partial charge in [-0.2, -0.15) is 5.10 Å². The van der Waals surface area contributed by atoms with Crippen LogP contribution in [0.15, 0.2) is 66.9 Å². The van der Waals surface area contributed by atoms with Gasteiger partial charge in [0.05, 0.1) is 19.9 Å². The Morgan fingerprint density at radius 1 is 0.879 bits per heavy atom. The van der Waals surface area contributed by atoms with Crippen molar-refractivity contribution in [1.82, 2.24) is 19.5 Å². The maximum Gasteiger partial charge on any atom is 0.274 e. The monoisotopic (exact) mass is 443 g/mol. The van der Waals surface area contributed by atoms with Crippen LogP contribution >= 0.6 is 0 Å². The molecule has 0 N–H and O–H groups in total. The summed E-state index contributed by atoms with van der Waals surface area (Å²) in [6.07, 6.45) is 1.72. The first-order valence-electron chi connectivity index (χ1n) is 10.8. The van der Waals surface area contributed by atoms with E-state index in [1.165, 1.54) is 5.69 Å². The fraction of sp³-hybridized carbons (Fsp3) is 0.240. The highest BCUT2D eigenvalue weighted by atomic mass is 16.5. The molecule has 0 atom stereocenters. The standard InChI is InChI=1S/C25H25N5O3/c1-32-22-9-8-18(16-23(22)33-2)21-10-11-26-24-17-20(27-30(21)24)25(31)29-14-12-28(13-15-29)19-6-4-3-5-7-19/h3-11,16-17H,12-15H2,1-2H3. The highest BCUT2D eigenvalue weighted by Gasteiger charge is 2.25. The van der Waals surface area contributed by atoms with Gasteiger partial charge in [0.25, 0.3) is 5.91 Å². The molecule has 0 unspecified atom stereocenters. The third-order valence-electron chi connectivity index (χ3n) is 5.94. The molecular formula is C25H25N5O3. The van der Waals surface area contributed by atoms with Gasteiger partial charge in [-0.1, -0.05) is 18.2 Å². The number of amides is 1. The van der Waals surface area contributed by atoms with Crippen LogP contribution in [0.2, 0.25) is 0 Å². The first kappa shape index (κ1) is 20.8. The fourth-order valence-electron chi connectivity index (χ4n) is 4.18. The Bertz CT molecular complexity index is 1280. The molecule has 8 nitrogen and oxygen atoms in total. The number of ether oxygens (including phenoxy) is 2. The van der Waals surface area contributed by atoms with Crippen molar-refractivity contribution >= 4 is 17.2 Å². The second-order valence-corrected chi connectivity index (χ2v) is 7.81. The Balaban J connectivity index is 1.39. The molecule has 2 aromatic carbocycles. The van der Waals surface area contributed by atoms with Crippen LogP contribution in [0.3, 0.4) is 0 Å². The van der Waals surface area contributed by atoms with E-state index in [0.29, 0.717) is 35.9 Å². The molecule has 5 rings (SSSR count). The van der Waals surface area contributed by atoms with Gasteiger partial charge in [0, 0.05) is 49.7 Å². The van der Waals surface area contributed by atoms with Crippen molar-refractivity contribution in [1.29, 1.82) is 0 Å². The first-order valence-corrected chi connectivity index (χ1v) is 10.8. The van der Waals surface area contributed by atoms with Crippen molar-refractivity contribution in [2.45, 2.75) is 0 Å². The zero-order valence-corrected chi connectivity index (χ0v) is 18.6. The van der Waals surface area contributed by atoms with Crippen molar-refractivity contribution in [3.05, 3.63) is 72.6 Å². The minimum absolute atomic E-state index is 0.0773. The molecule has 1 amide bonds. The summed E-state index contributed by atoms with van der Waals surface area (Å²) in [6.45, 7) is 2.88. The average molecular weight is 444 g/mol. The number of nitrogens with zero attached hydrogens (tertiary/aromatic N) is 5. The summed E-state index contributed by atoms with van der Waals surface area (Å²) in [5.74, 6) is 1.20. The summed E-state index contributed by atoms with van der Waals surface area (Å²) in [4.78, 5) is 21.8. The van der Waals surface area contributed by atoms with Gasteiger partial charge in [-0.25, -0.2) is 9.50 Å². The Kier molecular flexibility index (Phi) is 5.56. The summed E-state index contributed by atoms with van der Waals surface area (Å²) in [6, 6.07) is 19.6. The van der Waals surface area contributed by atoms with Gasteiger partial charge < -0.3 is 19.3 Å². The molecule has 3 heterocycles. The SMILES string of the molecule is COc1ccc(-c2ccnc3cc(C(=O)N4CCN(c5ccccc5)CC4)nn23)cc1OC. The maximum atomic E-state index is 13.2. The Morgan fingerprint density at radius 3 is 2.36 bits per heavy atom. The van der Waals surface area contributed by atoms with Crippen LogP contribution in [0.1, 0.15) is 10.5 Å². The number of rotatable bonds is 5. The van der Waals surface area contributed by atoms with E-state index in [4.69, 9.17) is 9.47 Å². The van der Waals surface area contributed by atoms with E-state index in [1.54, 1.807) is 31.0 Å². The number of carbonyl (C=O) groups is 1. The molecule has 1 saturated heterocycles. The quantitative estimate of drug-likeness (QED) is 0.471. The first-order chi connectivity index (χ1) is 16.2. The molecule has 1 fully saturated rings. The zero-order chi connectivity index (χ0) is 22.8. The van der Waals surface area contributed by atoms with Crippen molar-refractivity contribution in [3.8, 4) is 22.8 Å². The molecule has 0 aliphatic carbocycles. The van der Waals surface area contributed by atoms with Crippen LogP contribution in [0.5, 0.6) is 11.5 Å². The number of para-hydroxylation sites is 1. The third-order valence-corrected chi connectivity index (χ3v) is 5.94. The third kappa shape index (κ3) is 3.95. The molecule has 4 aromatic rings. The Labute approximate surface area is 192 Å². The van der Waals surface area contributed by atoms with E-state index in [9.17, 15) is 4.79 Å². The van der Waals surface area contributed by atoms with Crippen LogP contribution in [-0.2, 0) is 0 Å². The number of hydrogen-bond donors (Lipinski definition) is 0. The van der Waals surface area contributed by atoms with E-state index in [2.05, 4.69) is 27.1 Å². The molecule has 0 radical (unpaired) electrons. The summed E-state index contributed by atoms with van der Waals surface area (Å²) in [5, 5.41) is 4.62. The van der Waals surface area contributed by atoms with Crippen LogP contribution in [0, 0.1) is 0 Å². The molecule has 33 heavy (non-hydrogen) atoms. The Morgan fingerprint density at radius 2 is 1.64 bits per heavy atom. The molecule has 8 heteroatoms. The normalized spacial score (nSPS) is 13.9. The zero-order valence-electron chi connectivity index (χ0n) is 18.6. The maximum absolute atomic E-state index is 13.2. The number of carbonyl (C=O) groups excluding carboxylic acids is 1. The molecule has 2 aromatic heterocycles. The lowest BCUT2D eigenvalue weighted by Crippen LogP contribution is -2.48. The minimum atomic E-state index is -0.0773. The molecule has 0 saturated carbocycles. The molecule has 168 valence electrons. The van der Waals surface area contributed by atoms with Gasteiger partial charge in [0.15, 0.2) is 22.8 Å². The van der Waals surface area contributed by atoms with Crippen molar-refractivity contribution < 1.29 is 14.3 Å². The second kappa shape index (κ2) is 8.82. The van der Waals surface area contributed by atoms with Crippen LogP contribution in [-0.4, -0.2) is 65.8 Å². The minimum Gasteiger partial charge on any atom is -0.493 e. The van der Waals surface area contributed by atoms with Gasteiger partial charge in [-0.05, 0) is 36.4 Å². The number of aromatic nitrogens is 3. The summed E-state index contributed by atoms with van der Waals surface area (Å²) in [7, 11) is 3.21. The van der Waals surface area contributed by atoms with Gasteiger partial charge in [-0.15, -0.1) is 0 Å². The highest BCUT2D eigenvalue weighted by Crippen LogP contribution is 2.32. The summed E-state index contributed by atoms with van der Waals surface area (Å²) >= 11 is 0. The number of methoxy groups -OCH3 is 2. The summed E-state index contributed by atoms with van der Waals surface area (Å²) in [5.41, 5.74) is 3.89. The predicted molar refractivity (Wildman–Crippen MR) is 126 cm³/mol. The number of anilines is 1. The van der Waals surface area contributed by atoms with Crippen molar-refractivity contribution in [2.75, 3.05) is 45.3 Å². The van der Waals surface area contributed by atoms with Gasteiger partial charge >= 0.3 is 0 Å². The highest BCUT2D eigenvalue weighted by molar-refractivity contribution is 5.93. The van der Waals surface area contributed by atoms with Gasteiger partial charge in [0.2, 0.25) is 0 Å². The van der Waals surface area contributed by atoms with Gasteiger partial charge in [0.1, 0.15) is 0 Å². The lowest BCUT2D eigenvalue weighted by atomic mass is 10.1. The van der Waals surface area contributed by atoms with E-state index in [-0.39, 0.29) is 5.91 Å². The summed E-state index contributed by atoms with van der Waals surface area (Å²) < 4.78 is 12.5. The van der Waals surface area contributed by atoms with E-state index in [1.807, 2.05) is 47.4 Å². The second-order valence-electron chi connectivity index (χ2n) is 7.81. The van der Waals surface area contributed by atoms with E-state index in [0.717, 1.165) is 24.3 Å². The van der Waals surface area contributed by atoms with E-state index < -0.39 is 0 Å². The lowest BCUT2D eigenvalue weighted by Gasteiger charge is -2.35. The molecule has 1 aliphatic rings. The molecule has 0 bridgehead atoms. The topological polar surface area (TPSA) is 72.2 Å². The molecule has 1 aliphatic heterocycles. The molecule has 0 spiro atoms. The fourth-order valence-corrected chi connectivity index (χ4v) is 4.18. The average Bonchev–Trinajstić information content (AvgIpc) is 3.33. The van der Waals surface area contributed by atoms with Gasteiger partial charge in [-0.3, -0.25) is 4.79 Å². The molecular weight excluding hydrogens is 418 g/mol. The number of piperazine rings is 1. The Hall–Kier alpha value is -4.07. The van der Waals surface area contributed by atoms with Crippen molar-refractivity contribution in [2.24, 2.45) is 0 Å². The van der Waals surface area contributed by atoms with Crippen molar-refractivity contribution in [3.63, 3.8) is 0 Å². The number of benzene rings is 2. The van der Waals surface area contributed by atoms with Crippen LogP contribution < -0.4 is 14.4 Å². The van der Waals surface area contributed by atoms with Crippen LogP contribution in [0.25, 0.3) is 16.9 Å². The lowest BCUT2D eigenvalue weighted by molar-refractivity contribution is 0.0740. The smallest absolute Gasteiger partial charge is 0.274 e. The largest absolute Gasteiger partial charge is 0.493 e. The van der Waals surface area contributed by atoms with Crippen LogP contribution in [0.4, 0.5) is 5.69 Å². The number of hydrogen-bond acceptors (Lipinski definition) is 6. The number of fused-ring (bicyclic) bond motifs is 1. The van der Waals surface area contributed by atoms with E-state index >= 15 is 0 Å². The predicted octanol–water partition coefficient (Wildman–Crippen LogP) is 3.38.